The van der Waals surface area contributed by atoms with Crippen molar-refractivity contribution in [2.75, 3.05) is 6.54 Å². The van der Waals surface area contributed by atoms with Crippen LogP contribution in [0.25, 0.3) is 0 Å². The van der Waals surface area contributed by atoms with Gasteiger partial charge in [-0.2, -0.15) is 0 Å². The predicted molar refractivity (Wildman–Crippen MR) is 58.2 cm³/mol. The third-order valence-electron chi connectivity index (χ3n) is 3.85. The van der Waals surface area contributed by atoms with Gasteiger partial charge in [-0.3, -0.25) is 4.79 Å². The minimum atomic E-state index is 0.0230. The van der Waals surface area contributed by atoms with Crippen LogP contribution in [0.5, 0.6) is 0 Å². The van der Waals surface area contributed by atoms with Crippen molar-refractivity contribution in [1.82, 2.24) is 0 Å². The van der Waals surface area contributed by atoms with Gasteiger partial charge in [-0.25, -0.2) is 0 Å². The minimum absolute atomic E-state index is 0.0230. The largest absolute Gasteiger partial charge is 0.462 e. The van der Waals surface area contributed by atoms with E-state index in [1.807, 2.05) is 0 Å². The molecule has 15 heavy (non-hydrogen) atoms. The highest BCUT2D eigenvalue weighted by Gasteiger charge is 2.34. The molecular formula is C12H21NO2. The van der Waals surface area contributed by atoms with Crippen molar-refractivity contribution in [1.29, 1.82) is 0 Å². The number of nitrogens with two attached hydrogens (primary N) is 1. The predicted octanol–water partition coefficient (Wildman–Crippen LogP) is 1.85. The van der Waals surface area contributed by atoms with E-state index in [-0.39, 0.29) is 18.0 Å². The molecule has 2 atom stereocenters. The monoisotopic (exact) mass is 211 g/mol. The summed E-state index contributed by atoms with van der Waals surface area (Å²) >= 11 is 0. The summed E-state index contributed by atoms with van der Waals surface area (Å²) in [5.41, 5.74) is 5.66. The fourth-order valence-electron chi connectivity index (χ4n) is 2.89. The molecule has 0 aromatic rings. The van der Waals surface area contributed by atoms with E-state index in [2.05, 4.69) is 0 Å². The van der Waals surface area contributed by atoms with Crippen LogP contribution in [0.2, 0.25) is 0 Å². The first-order chi connectivity index (χ1) is 7.31. The van der Waals surface area contributed by atoms with E-state index in [1.54, 1.807) is 0 Å². The van der Waals surface area contributed by atoms with Gasteiger partial charge in [0.05, 0.1) is 5.92 Å². The second-order valence-electron chi connectivity index (χ2n) is 4.88. The van der Waals surface area contributed by atoms with Crippen LogP contribution in [0.3, 0.4) is 0 Å². The average molecular weight is 211 g/mol. The molecule has 0 aromatic carbocycles. The van der Waals surface area contributed by atoms with E-state index in [1.165, 1.54) is 12.8 Å². The van der Waals surface area contributed by atoms with Crippen LogP contribution < -0.4 is 5.73 Å². The number of rotatable bonds is 3. The van der Waals surface area contributed by atoms with Crippen LogP contribution in [0.1, 0.15) is 44.9 Å². The number of carbonyl (C=O) groups is 1. The lowest BCUT2D eigenvalue weighted by Crippen LogP contribution is -2.29. The topological polar surface area (TPSA) is 52.3 Å². The molecule has 2 rings (SSSR count). The zero-order chi connectivity index (χ0) is 10.7. The van der Waals surface area contributed by atoms with E-state index in [9.17, 15) is 4.79 Å². The van der Waals surface area contributed by atoms with Gasteiger partial charge in [-0.05, 0) is 51.0 Å². The molecular weight excluding hydrogens is 190 g/mol. The standard InChI is InChI=1S/C12H21NO2/c13-8-9-4-3-7-11(9)12(14)15-10-5-1-2-6-10/h9-11H,1-8,13H2. The summed E-state index contributed by atoms with van der Waals surface area (Å²) in [7, 11) is 0. The van der Waals surface area contributed by atoms with Gasteiger partial charge in [0, 0.05) is 0 Å². The maximum atomic E-state index is 11.9. The van der Waals surface area contributed by atoms with Gasteiger partial charge in [0.25, 0.3) is 0 Å². The summed E-state index contributed by atoms with van der Waals surface area (Å²) in [6, 6.07) is 0. The minimum Gasteiger partial charge on any atom is -0.462 e. The van der Waals surface area contributed by atoms with Crippen molar-refractivity contribution in [2.45, 2.75) is 51.0 Å². The molecule has 0 heterocycles. The Balaban J connectivity index is 1.83. The maximum Gasteiger partial charge on any atom is 0.309 e. The molecule has 0 aromatic heterocycles. The van der Waals surface area contributed by atoms with Crippen molar-refractivity contribution < 1.29 is 9.53 Å². The van der Waals surface area contributed by atoms with Gasteiger partial charge in [-0.1, -0.05) is 6.42 Å². The summed E-state index contributed by atoms with van der Waals surface area (Å²) < 4.78 is 5.53. The smallest absolute Gasteiger partial charge is 0.309 e. The van der Waals surface area contributed by atoms with Crippen LogP contribution in [-0.2, 0) is 9.53 Å². The Kier molecular flexibility index (Phi) is 3.62. The molecule has 2 saturated carbocycles. The van der Waals surface area contributed by atoms with E-state index >= 15 is 0 Å². The Hall–Kier alpha value is -0.570. The third-order valence-corrected chi connectivity index (χ3v) is 3.85. The van der Waals surface area contributed by atoms with Crippen LogP contribution in [0, 0.1) is 11.8 Å². The molecule has 2 aliphatic rings. The van der Waals surface area contributed by atoms with Crippen molar-refractivity contribution in [3.05, 3.63) is 0 Å². The van der Waals surface area contributed by atoms with Gasteiger partial charge < -0.3 is 10.5 Å². The maximum absolute atomic E-state index is 11.9. The lowest BCUT2D eigenvalue weighted by Gasteiger charge is -2.19. The molecule has 3 heteroatoms. The number of esters is 1. The van der Waals surface area contributed by atoms with Crippen LogP contribution in [0.4, 0.5) is 0 Å². The van der Waals surface area contributed by atoms with Crippen molar-refractivity contribution in [3.63, 3.8) is 0 Å². The number of hydrogen-bond acceptors (Lipinski definition) is 3. The molecule has 0 spiro atoms. The number of ether oxygens (including phenoxy) is 1. The van der Waals surface area contributed by atoms with Gasteiger partial charge in [0.1, 0.15) is 6.10 Å². The zero-order valence-electron chi connectivity index (χ0n) is 9.28. The molecule has 86 valence electrons. The molecule has 0 bridgehead atoms. The third kappa shape index (κ3) is 2.51. The summed E-state index contributed by atoms with van der Waals surface area (Å²) in [4.78, 5) is 11.9. The fraction of sp³-hybridized carbons (Fsp3) is 0.917. The quantitative estimate of drug-likeness (QED) is 0.725. The lowest BCUT2D eigenvalue weighted by atomic mass is 9.96. The van der Waals surface area contributed by atoms with Crippen molar-refractivity contribution in [3.8, 4) is 0 Å². The first kappa shape index (κ1) is 10.9. The molecule has 0 aliphatic heterocycles. The molecule has 2 fully saturated rings. The summed E-state index contributed by atoms with van der Waals surface area (Å²) in [5, 5.41) is 0. The van der Waals surface area contributed by atoms with E-state index in [4.69, 9.17) is 10.5 Å². The average Bonchev–Trinajstić information content (AvgIpc) is 2.86. The highest BCUT2D eigenvalue weighted by molar-refractivity contribution is 5.73. The van der Waals surface area contributed by atoms with E-state index in [0.29, 0.717) is 12.5 Å². The Morgan fingerprint density at radius 3 is 2.53 bits per heavy atom. The van der Waals surface area contributed by atoms with Crippen molar-refractivity contribution in [2.24, 2.45) is 17.6 Å². The Bertz CT molecular complexity index is 224. The molecule has 2 N–H and O–H groups in total. The SMILES string of the molecule is NCC1CCCC1C(=O)OC1CCCC1. The van der Waals surface area contributed by atoms with E-state index < -0.39 is 0 Å². The van der Waals surface area contributed by atoms with Crippen LogP contribution >= 0.6 is 0 Å². The lowest BCUT2D eigenvalue weighted by molar-refractivity contribution is -0.154. The van der Waals surface area contributed by atoms with Gasteiger partial charge in [-0.15, -0.1) is 0 Å². The molecule has 2 aliphatic carbocycles. The van der Waals surface area contributed by atoms with E-state index in [0.717, 1.165) is 32.1 Å². The highest BCUT2D eigenvalue weighted by Crippen LogP contribution is 2.33. The molecule has 0 saturated heterocycles. The number of hydrogen-bond donors (Lipinski definition) is 1. The zero-order valence-corrected chi connectivity index (χ0v) is 9.28. The molecule has 2 unspecified atom stereocenters. The van der Waals surface area contributed by atoms with Crippen LogP contribution in [-0.4, -0.2) is 18.6 Å². The molecule has 3 nitrogen and oxygen atoms in total. The second-order valence-corrected chi connectivity index (χ2v) is 4.88. The first-order valence-corrected chi connectivity index (χ1v) is 6.22. The van der Waals surface area contributed by atoms with Crippen molar-refractivity contribution >= 4 is 5.97 Å². The number of carbonyl (C=O) groups excluding carboxylic acids is 1. The first-order valence-electron chi connectivity index (χ1n) is 6.22. The summed E-state index contributed by atoms with van der Waals surface area (Å²) in [5.74, 6) is 0.490. The molecule has 0 radical (unpaired) electrons. The summed E-state index contributed by atoms with van der Waals surface area (Å²) in [6.45, 7) is 0.629. The second kappa shape index (κ2) is 4.97. The summed E-state index contributed by atoms with van der Waals surface area (Å²) in [6.07, 6.45) is 7.96. The van der Waals surface area contributed by atoms with Gasteiger partial charge in [0.2, 0.25) is 0 Å². The normalized spacial score (nSPS) is 32.1. The fourth-order valence-corrected chi connectivity index (χ4v) is 2.89. The van der Waals surface area contributed by atoms with Gasteiger partial charge in [0.15, 0.2) is 0 Å². The Morgan fingerprint density at radius 1 is 1.13 bits per heavy atom. The van der Waals surface area contributed by atoms with Gasteiger partial charge >= 0.3 is 5.97 Å². The highest BCUT2D eigenvalue weighted by atomic mass is 16.5. The van der Waals surface area contributed by atoms with Crippen LogP contribution in [0.15, 0.2) is 0 Å². The Labute approximate surface area is 91.4 Å². The Morgan fingerprint density at radius 2 is 1.87 bits per heavy atom. The molecule has 0 amide bonds.